The van der Waals surface area contributed by atoms with E-state index in [2.05, 4.69) is 29.9 Å². The van der Waals surface area contributed by atoms with Crippen molar-refractivity contribution >= 4 is 17.4 Å². The monoisotopic (exact) mass is 253 g/mol. The van der Waals surface area contributed by atoms with Crippen LogP contribution in [0, 0.1) is 13.8 Å². The molecule has 2 aromatic heterocycles. The molecule has 90 valence electrons. The Kier molecular flexibility index (Phi) is 3.53. The molecule has 7 heteroatoms. The van der Waals surface area contributed by atoms with Gasteiger partial charge in [-0.25, -0.2) is 9.97 Å². The maximum absolute atomic E-state index is 5.98. The molecule has 0 bridgehead atoms. The van der Waals surface area contributed by atoms with Crippen LogP contribution in [-0.2, 0) is 6.42 Å². The zero-order chi connectivity index (χ0) is 12.3. The molecule has 0 saturated heterocycles. The molecule has 0 amide bonds. The second-order valence-corrected chi connectivity index (χ2v) is 3.92. The van der Waals surface area contributed by atoms with Crippen LogP contribution in [0.3, 0.4) is 0 Å². The molecular formula is C10H12ClN5O. The van der Waals surface area contributed by atoms with Gasteiger partial charge in [-0.2, -0.15) is 4.98 Å². The summed E-state index contributed by atoms with van der Waals surface area (Å²) in [5, 5.41) is 7.17. The van der Waals surface area contributed by atoms with Crippen LogP contribution in [0.2, 0.25) is 5.15 Å². The van der Waals surface area contributed by atoms with Gasteiger partial charge in [0.25, 0.3) is 0 Å². The first-order chi connectivity index (χ1) is 8.16. The van der Waals surface area contributed by atoms with Crippen LogP contribution in [0.5, 0.6) is 0 Å². The molecule has 1 N–H and O–H groups in total. The maximum Gasteiger partial charge on any atom is 0.213 e. The standard InChI is InChI=1S/C10H12ClN5O/c1-6-7(2)15-10(9(11)14-6)12-4-3-8-13-5-17-16-8/h5H,3-4H2,1-2H3,(H,12,15). The van der Waals surface area contributed by atoms with Crippen molar-refractivity contribution in [3.05, 3.63) is 28.8 Å². The van der Waals surface area contributed by atoms with E-state index in [0.717, 1.165) is 11.4 Å². The van der Waals surface area contributed by atoms with Crippen molar-refractivity contribution in [2.45, 2.75) is 20.3 Å². The van der Waals surface area contributed by atoms with Crippen molar-refractivity contribution in [3.8, 4) is 0 Å². The topological polar surface area (TPSA) is 76.7 Å². The molecule has 2 aromatic rings. The van der Waals surface area contributed by atoms with E-state index < -0.39 is 0 Å². The van der Waals surface area contributed by atoms with Crippen molar-refractivity contribution in [1.82, 2.24) is 20.1 Å². The van der Waals surface area contributed by atoms with Gasteiger partial charge in [0.1, 0.15) is 0 Å². The molecule has 0 fully saturated rings. The Balaban J connectivity index is 1.97. The number of anilines is 1. The largest absolute Gasteiger partial charge is 0.367 e. The fourth-order valence-corrected chi connectivity index (χ4v) is 1.52. The Morgan fingerprint density at radius 1 is 1.29 bits per heavy atom. The summed E-state index contributed by atoms with van der Waals surface area (Å²) in [6.07, 6.45) is 1.94. The maximum atomic E-state index is 5.98. The van der Waals surface area contributed by atoms with E-state index in [4.69, 9.17) is 11.6 Å². The van der Waals surface area contributed by atoms with Crippen LogP contribution in [0.1, 0.15) is 17.2 Å². The Morgan fingerprint density at radius 3 is 2.76 bits per heavy atom. The highest BCUT2D eigenvalue weighted by Crippen LogP contribution is 2.18. The quantitative estimate of drug-likeness (QED) is 0.895. The molecule has 17 heavy (non-hydrogen) atoms. The number of halogens is 1. The van der Waals surface area contributed by atoms with E-state index in [-0.39, 0.29) is 0 Å². The average molecular weight is 254 g/mol. The molecule has 6 nitrogen and oxygen atoms in total. The van der Waals surface area contributed by atoms with Crippen molar-refractivity contribution in [3.63, 3.8) is 0 Å². The molecular weight excluding hydrogens is 242 g/mol. The van der Waals surface area contributed by atoms with E-state index in [9.17, 15) is 0 Å². The smallest absolute Gasteiger partial charge is 0.213 e. The predicted molar refractivity (Wildman–Crippen MR) is 63.0 cm³/mol. The van der Waals surface area contributed by atoms with Crippen molar-refractivity contribution in [2.75, 3.05) is 11.9 Å². The molecule has 0 atom stereocenters. The molecule has 0 radical (unpaired) electrons. The van der Waals surface area contributed by atoms with Crippen molar-refractivity contribution < 1.29 is 4.52 Å². The van der Waals surface area contributed by atoms with E-state index in [1.165, 1.54) is 6.39 Å². The van der Waals surface area contributed by atoms with Gasteiger partial charge in [-0.05, 0) is 13.8 Å². The third-order valence-corrected chi connectivity index (χ3v) is 2.58. The SMILES string of the molecule is Cc1nc(Cl)c(NCCc2ncon2)nc1C. The lowest BCUT2D eigenvalue weighted by Gasteiger charge is -2.07. The summed E-state index contributed by atoms with van der Waals surface area (Å²) in [7, 11) is 0. The summed E-state index contributed by atoms with van der Waals surface area (Å²) in [5.74, 6) is 1.23. The highest BCUT2D eigenvalue weighted by Gasteiger charge is 2.06. The van der Waals surface area contributed by atoms with E-state index in [0.29, 0.717) is 29.8 Å². The van der Waals surface area contributed by atoms with Gasteiger partial charge in [0, 0.05) is 13.0 Å². The Labute approximate surface area is 103 Å². The molecule has 2 rings (SSSR count). The third-order valence-electron chi connectivity index (χ3n) is 2.31. The van der Waals surface area contributed by atoms with Crippen LogP contribution in [0.4, 0.5) is 5.82 Å². The second kappa shape index (κ2) is 5.09. The number of aryl methyl sites for hydroxylation is 2. The first kappa shape index (κ1) is 11.8. The van der Waals surface area contributed by atoms with Gasteiger partial charge in [0.15, 0.2) is 16.8 Å². The summed E-state index contributed by atoms with van der Waals surface area (Å²) in [4.78, 5) is 12.4. The minimum Gasteiger partial charge on any atom is -0.367 e. The van der Waals surface area contributed by atoms with Crippen LogP contribution in [-0.4, -0.2) is 26.7 Å². The summed E-state index contributed by atoms with van der Waals surface area (Å²) >= 11 is 5.98. The zero-order valence-electron chi connectivity index (χ0n) is 9.57. The third kappa shape index (κ3) is 2.91. The van der Waals surface area contributed by atoms with Gasteiger partial charge in [0.05, 0.1) is 11.4 Å². The first-order valence-electron chi connectivity index (χ1n) is 5.16. The van der Waals surface area contributed by atoms with E-state index >= 15 is 0 Å². The lowest BCUT2D eigenvalue weighted by Crippen LogP contribution is -2.09. The lowest BCUT2D eigenvalue weighted by atomic mass is 10.3. The lowest BCUT2D eigenvalue weighted by molar-refractivity contribution is 0.410. The van der Waals surface area contributed by atoms with Gasteiger partial charge < -0.3 is 9.84 Å². The normalized spacial score (nSPS) is 10.5. The number of rotatable bonds is 4. The Bertz CT molecular complexity index is 500. The Hall–Kier alpha value is -1.69. The van der Waals surface area contributed by atoms with Crippen LogP contribution in [0.25, 0.3) is 0 Å². The van der Waals surface area contributed by atoms with Gasteiger partial charge in [-0.15, -0.1) is 0 Å². The highest BCUT2D eigenvalue weighted by molar-refractivity contribution is 6.31. The average Bonchev–Trinajstić information content (AvgIpc) is 2.78. The number of hydrogen-bond donors (Lipinski definition) is 1. The van der Waals surface area contributed by atoms with Gasteiger partial charge in [-0.3, -0.25) is 0 Å². The molecule has 0 aliphatic rings. The number of nitrogens with one attached hydrogen (secondary N) is 1. The minimum absolute atomic E-state index is 0.376. The fourth-order valence-electron chi connectivity index (χ4n) is 1.28. The van der Waals surface area contributed by atoms with Gasteiger partial charge in [-0.1, -0.05) is 16.8 Å². The molecule has 0 unspecified atom stereocenters. The van der Waals surface area contributed by atoms with Crippen LogP contribution in [0.15, 0.2) is 10.9 Å². The molecule has 0 aromatic carbocycles. The van der Waals surface area contributed by atoms with Crippen molar-refractivity contribution in [2.24, 2.45) is 0 Å². The molecule has 2 heterocycles. The number of aromatic nitrogens is 4. The zero-order valence-corrected chi connectivity index (χ0v) is 10.3. The van der Waals surface area contributed by atoms with Gasteiger partial charge in [0.2, 0.25) is 6.39 Å². The van der Waals surface area contributed by atoms with Crippen LogP contribution >= 0.6 is 11.6 Å². The Morgan fingerprint density at radius 2 is 2.06 bits per heavy atom. The van der Waals surface area contributed by atoms with E-state index in [1.807, 2.05) is 13.8 Å². The highest BCUT2D eigenvalue weighted by atomic mass is 35.5. The molecule has 0 aliphatic heterocycles. The van der Waals surface area contributed by atoms with Crippen LogP contribution < -0.4 is 5.32 Å². The first-order valence-corrected chi connectivity index (χ1v) is 5.54. The number of nitrogens with zero attached hydrogens (tertiary/aromatic N) is 4. The molecule has 0 aliphatic carbocycles. The molecule has 0 saturated carbocycles. The second-order valence-electron chi connectivity index (χ2n) is 3.56. The summed E-state index contributed by atoms with van der Waals surface area (Å²) < 4.78 is 4.63. The summed E-state index contributed by atoms with van der Waals surface area (Å²) in [5.41, 5.74) is 1.69. The predicted octanol–water partition coefficient (Wildman–Crippen LogP) is 1.78. The summed E-state index contributed by atoms with van der Waals surface area (Å²) in [6, 6.07) is 0. The molecule has 0 spiro atoms. The minimum atomic E-state index is 0.376. The fraction of sp³-hybridized carbons (Fsp3) is 0.400. The van der Waals surface area contributed by atoms with Gasteiger partial charge >= 0.3 is 0 Å². The number of hydrogen-bond acceptors (Lipinski definition) is 6. The van der Waals surface area contributed by atoms with E-state index in [1.54, 1.807) is 0 Å². The summed E-state index contributed by atoms with van der Waals surface area (Å²) in [6.45, 7) is 4.39. The van der Waals surface area contributed by atoms with Crippen molar-refractivity contribution in [1.29, 1.82) is 0 Å².